The van der Waals surface area contributed by atoms with Crippen molar-refractivity contribution in [2.24, 2.45) is 5.92 Å². The number of morpholine rings is 1. The van der Waals surface area contributed by atoms with Crippen molar-refractivity contribution in [1.29, 1.82) is 0 Å². The van der Waals surface area contributed by atoms with Gasteiger partial charge in [-0.1, -0.05) is 39.0 Å². The molecule has 1 saturated carbocycles. The van der Waals surface area contributed by atoms with Gasteiger partial charge in [0.05, 0.1) is 19.8 Å². The second-order valence-electron chi connectivity index (χ2n) is 4.92. The molecule has 2 fully saturated rings. The molecule has 0 bridgehead atoms. The Morgan fingerprint density at radius 3 is 2.19 bits per heavy atom. The molecule has 0 atom stereocenters. The first-order valence-corrected chi connectivity index (χ1v) is 6.74. The predicted octanol–water partition coefficient (Wildman–Crippen LogP) is 1.90. The maximum atomic E-state index is 8.54. The smallest absolute Gasteiger partial charge is 0.0594 e. The zero-order valence-electron chi connectivity index (χ0n) is 10.7. The molecule has 0 aromatic heterocycles. The van der Waals surface area contributed by atoms with Crippen LogP contribution in [0.25, 0.3) is 0 Å². The minimum Gasteiger partial charge on any atom is -0.395 e. The SMILES string of the molecule is CC1CCCCC1.OCCN1CCOCC1. The fourth-order valence-corrected chi connectivity index (χ4v) is 2.27. The van der Waals surface area contributed by atoms with E-state index >= 15 is 0 Å². The molecule has 0 aromatic rings. The molecule has 1 aliphatic carbocycles. The van der Waals surface area contributed by atoms with Gasteiger partial charge in [-0.2, -0.15) is 0 Å². The lowest BCUT2D eigenvalue weighted by molar-refractivity contribution is 0.0306. The first kappa shape index (κ1) is 13.9. The van der Waals surface area contributed by atoms with Crippen LogP contribution in [0.5, 0.6) is 0 Å². The molecule has 96 valence electrons. The summed E-state index contributed by atoms with van der Waals surface area (Å²) in [4.78, 5) is 2.20. The van der Waals surface area contributed by atoms with Gasteiger partial charge in [-0.3, -0.25) is 4.90 Å². The zero-order valence-corrected chi connectivity index (χ0v) is 10.7. The molecule has 3 nitrogen and oxygen atoms in total. The van der Waals surface area contributed by atoms with Crippen LogP contribution in [0.1, 0.15) is 39.0 Å². The van der Waals surface area contributed by atoms with Gasteiger partial charge in [-0.25, -0.2) is 0 Å². The minimum atomic E-state index is 0.264. The van der Waals surface area contributed by atoms with E-state index in [1.54, 1.807) is 0 Å². The number of nitrogens with zero attached hydrogens (tertiary/aromatic N) is 1. The van der Waals surface area contributed by atoms with Gasteiger partial charge >= 0.3 is 0 Å². The number of hydrogen-bond donors (Lipinski definition) is 1. The Morgan fingerprint density at radius 2 is 1.75 bits per heavy atom. The Labute approximate surface area is 99.8 Å². The molecular formula is C13H27NO2. The summed E-state index contributed by atoms with van der Waals surface area (Å²) in [5, 5.41) is 8.54. The topological polar surface area (TPSA) is 32.7 Å². The highest BCUT2D eigenvalue weighted by molar-refractivity contribution is 4.60. The molecule has 1 saturated heterocycles. The maximum Gasteiger partial charge on any atom is 0.0594 e. The predicted molar refractivity (Wildman–Crippen MR) is 66.6 cm³/mol. The summed E-state index contributed by atoms with van der Waals surface area (Å²) in [6.07, 6.45) is 7.44. The van der Waals surface area contributed by atoms with Crippen molar-refractivity contribution in [3.63, 3.8) is 0 Å². The number of aliphatic hydroxyl groups excluding tert-OH is 1. The fourth-order valence-electron chi connectivity index (χ4n) is 2.27. The van der Waals surface area contributed by atoms with Gasteiger partial charge < -0.3 is 9.84 Å². The normalized spacial score (nSPS) is 23.6. The number of aliphatic hydroxyl groups is 1. The average Bonchev–Trinajstić information content (AvgIpc) is 2.33. The van der Waals surface area contributed by atoms with Crippen LogP contribution < -0.4 is 0 Å². The van der Waals surface area contributed by atoms with Gasteiger partial charge in [0.1, 0.15) is 0 Å². The Bertz CT molecular complexity index is 149. The van der Waals surface area contributed by atoms with Crippen molar-refractivity contribution >= 4 is 0 Å². The highest BCUT2D eigenvalue weighted by Gasteiger charge is 2.07. The van der Waals surface area contributed by atoms with Crippen LogP contribution in [0, 0.1) is 5.92 Å². The van der Waals surface area contributed by atoms with E-state index < -0.39 is 0 Å². The summed E-state index contributed by atoms with van der Waals surface area (Å²) in [5.74, 6) is 1.04. The maximum absolute atomic E-state index is 8.54. The molecule has 2 aliphatic rings. The van der Waals surface area contributed by atoms with Gasteiger partial charge in [0, 0.05) is 19.6 Å². The van der Waals surface area contributed by atoms with Crippen molar-refractivity contribution in [2.75, 3.05) is 39.5 Å². The lowest BCUT2D eigenvalue weighted by Gasteiger charge is -2.25. The van der Waals surface area contributed by atoms with Crippen molar-refractivity contribution in [3.05, 3.63) is 0 Å². The van der Waals surface area contributed by atoms with Crippen LogP contribution in [0.15, 0.2) is 0 Å². The molecule has 0 spiro atoms. The molecule has 2 rings (SSSR count). The van der Waals surface area contributed by atoms with Gasteiger partial charge in [0.15, 0.2) is 0 Å². The lowest BCUT2D eigenvalue weighted by atomic mass is 9.91. The summed E-state index contributed by atoms with van der Waals surface area (Å²) in [6.45, 7) is 7.00. The Hall–Kier alpha value is -0.120. The van der Waals surface area contributed by atoms with Crippen molar-refractivity contribution in [1.82, 2.24) is 4.90 Å². The van der Waals surface area contributed by atoms with Crippen molar-refractivity contribution < 1.29 is 9.84 Å². The van der Waals surface area contributed by atoms with E-state index in [-0.39, 0.29) is 6.61 Å². The van der Waals surface area contributed by atoms with E-state index in [0.717, 1.165) is 38.8 Å². The van der Waals surface area contributed by atoms with Gasteiger partial charge in [-0.05, 0) is 5.92 Å². The van der Waals surface area contributed by atoms with Crippen LogP contribution in [-0.2, 0) is 4.74 Å². The summed E-state index contributed by atoms with van der Waals surface area (Å²) in [6, 6.07) is 0. The van der Waals surface area contributed by atoms with E-state index in [2.05, 4.69) is 11.8 Å². The van der Waals surface area contributed by atoms with E-state index in [9.17, 15) is 0 Å². The third-order valence-corrected chi connectivity index (χ3v) is 3.41. The molecule has 0 radical (unpaired) electrons. The van der Waals surface area contributed by atoms with Gasteiger partial charge in [-0.15, -0.1) is 0 Å². The molecule has 0 amide bonds. The van der Waals surface area contributed by atoms with E-state index in [1.807, 2.05) is 0 Å². The highest BCUT2D eigenvalue weighted by Crippen LogP contribution is 2.22. The molecule has 16 heavy (non-hydrogen) atoms. The van der Waals surface area contributed by atoms with Crippen LogP contribution in [0.2, 0.25) is 0 Å². The molecule has 0 unspecified atom stereocenters. The van der Waals surface area contributed by atoms with Crippen LogP contribution in [0.3, 0.4) is 0 Å². The Morgan fingerprint density at radius 1 is 1.12 bits per heavy atom. The van der Waals surface area contributed by atoms with Crippen molar-refractivity contribution in [3.8, 4) is 0 Å². The summed E-state index contributed by atoms with van der Waals surface area (Å²) >= 11 is 0. The number of hydrogen-bond acceptors (Lipinski definition) is 3. The standard InChI is InChI=1S/C7H14.C6H13NO2/c1-7-5-3-2-4-6-7;8-4-1-7-2-5-9-6-3-7/h7H,2-6H2,1H3;8H,1-6H2. The van der Waals surface area contributed by atoms with Gasteiger partial charge in [0.25, 0.3) is 0 Å². The largest absolute Gasteiger partial charge is 0.395 e. The van der Waals surface area contributed by atoms with Crippen LogP contribution >= 0.6 is 0 Å². The monoisotopic (exact) mass is 229 g/mol. The second-order valence-corrected chi connectivity index (χ2v) is 4.92. The van der Waals surface area contributed by atoms with E-state index in [0.29, 0.717) is 0 Å². The highest BCUT2D eigenvalue weighted by atomic mass is 16.5. The summed E-state index contributed by atoms with van der Waals surface area (Å²) in [5.41, 5.74) is 0. The lowest BCUT2D eigenvalue weighted by Crippen LogP contribution is -2.37. The Kier molecular flexibility index (Phi) is 7.81. The van der Waals surface area contributed by atoms with Crippen LogP contribution in [0.4, 0.5) is 0 Å². The Balaban J connectivity index is 0.000000165. The third kappa shape index (κ3) is 6.46. The number of β-amino-alcohol motifs (C(OH)–C–C–N with tert-alkyl or cyclic N) is 1. The molecule has 0 aromatic carbocycles. The first-order chi connectivity index (χ1) is 7.83. The van der Waals surface area contributed by atoms with E-state index in [1.165, 1.54) is 32.1 Å². The molecule has 1 N–H and O–H groups in total. The number of ether oxygens (including phenoxy) is 1. The van der Waals surface area contributed by atoms with Gasteiger partial charge in [0.2, 0.25) is 0 Å². The quantitative estimate of drug-likeness (QED) is 0.785. The van der Waals surface area contributed by atoms with Crippen LogP contribution in [-0.4, -0.2) is 49.5 Å². The van der Waals surface area contributed by atoms with Crippen molar-refractivity contribution in [2.45, 2.75) is 39.0 Å². The molecule has 1 aliphatic heterocycles. The average molecular weight is 229 g/mol. The third-order valence-electron chi connectivity index (χ3n) is 3.41. The molecule has 3 heteroatoms. The number of rotatable bonds is 2. The summed E-state index contributed by atoms with van der Waals surface area (Å²) < 4.78 is 5.12. The molecule has 1 heterocycles. The molecular weight excluding hydrogens is 202 g/mol. The zero-order chi connectivity index (χ0) is 11.6. The second kappa shape index (κ2) is 8.97. The fraction of sp³-hybridized carbons (Fsp3) is 1.00. The first-order valence-electron chi connectivity index (χ1n) is 6.74. The minimum absolute atomic E-state index is 0.264. The summed E-state index contributed by atoms with van der Waals surface area (Å²) in [7, 11) is 0. The van der Waals surface area contributed by atoms with E-state index in [4.69, 9.17) is 9.84 Å².